The Morgan fingerprint density at radius 1 is 1.40 bits per heavy atom. The van der Waals surface area contributed by atoms with E-state index in [-0.39, 0.29) is 5.56 Å². The molecular weight excluding hydrogens is 320 g/mol. The zero-order valence-corrected chi connectivity index (χ0v) is 9.96. The molecule has 1 atom stereocenters. The average Bonchev–Trinajstić information content (AvgIpc) is 2.14. The normalized spacial score (nSPS) is 13.7. The van der Waals surface area contributed by atoms with Crippen LogP contribution in [0.4, 0.5) is 13.2 Å². The number of carbonyl (C=O) groups is 1. The molecule has 1 nitrogen and oxygen atoms in total. The van der Waals surface area contributed by atoms with Gasteiger partial charge < -0.3 is 0 Å². The Labute approximate surface area is 98.8 Å². The molecule has 82 valence electrons. The third-order valence-corrected chi connectivity index (χ3v) is 2.66. The van der Waals surface area contributed by atoms with E-state index in [4.69, 9.17) is 0 Å². The molecule has 0 heterocycles. The lowest BCUT2D eigenvalue weighted by Crippen LogP contribution is -2.28. The molecule has 0 aliphatic rings. The quantitative estimate of drug-likeness (QED) is 0.598. The molecule has 1 aromatic carbocycles. The number of carbonyl (C=O) groups excluding carboxylic acids is 1. The molecule has 0 radical (unpaired) electrons. The summed E-state index contributed by atoms with van der Waals surface area (Å²) in [5.74, 6) is -2.84. The molecule has 0 aliphatic heterocycles. The van der Waals surface area contributed by atoms with Gasteiger partial charge in [0.2, 0.25) is 0 Å². The van der Waals surface area contributed by atoms with Crippen molar-refractivity contribution in [1.29, 1.82) is 0 Å². The van der Waals surface area contributed by atoms with E-state index in [9.17, 15) is 18.0 Å². The predicted octanol–water partition coefficient (Wildman–Crippen LogP) is 3.67. The Bertz CT molecular complexity index is 373. The summed E-state index contributed by atoms with van der Waals surface area (Å²) in [5, 5.41) is 0. The van der Waals surface area contributed by atoms with Crippen LogP contribution in [0.2, 0.25) is 0 Å². The highest BCUT2D eigenvalue weighted by atomic mass is 127. The van der Waals surface area contributed by atoms with Crippen LogP contribution >= 0.6 is 22.6 Å². The first-order chi connectivity index (χ1) is 6.82. The Morgan fingerprint density at radius 3 is 2.47 bits per heavy atom. The van der Waals surface area contributed by atoms with E-state index in [2.05, 4.69) is 0 Å². The molecule has 0 amide bonds. The van der Waals surface area contributed by atoms with Crippen LogP contribution in [0, 0.1) is 9.49 Å². The van der Waals surface area contributed by atoms with Gasteiger partial charge in [-0.1, -0.05) is 12.1 Å². The second-order valence-corrected chi connectivity index (χ2v) is 4.38. The maximum absolute atomic E-state index is 12.3. The molecule has 0 saturated carbocycles. The van der Waals surface area contributed by atoms with E-state index in [0.717, 1.165) is 10.5 Å². The van der Waals surface area contributed by atoms with Crippen molar-refractivity contribution in [3.8, 4) is 0 Å². The number of alkyl halides is 3. The van der Waals surface area contributed by atoms with Crippen LogP contribution in [0.1, 0.15) is 17.3 Å². The molecule has 5 heteroatoms. The Balaban J connectivity index is 2.95. The fourth-order valence-electron chi connectivity index (χ4n) is 1.04. The molecule has 0 fully saturated rings. The number of hydrogen-bond acceptors (Lipinski definition) is 1. The van der Waals surface area contributed by atoms with E-state index < -0.39 is 17.9 Å². The minimum absolute atomic E-state index is 0.103. The molecule has 0 aromatic heterocycles. The lowest BCUT2D eigenvalue weighted by molar-refractivity contribution is -0.155. The van der Waals surface area contributed by atoms with Gasteiger partial charge in [-0.15, -0.1) is 0 Å². The fourth-order valence-corrected chi connectivity index (χ4v) is 1.58. The van der Waals surface area contributed by atoms with Crippen molar-refractivity contribution in [3.05, 3.63) is 33.4 Å². The van der Waals surface area contributed by atoms with Crippen molar-refractivity contribution in [3.63, 3.8) is 0 Å². The van der Waals surface area contributed by atoms with Crippen molar-refractivity contribution in [2.24, 2.45) is 5.92 Å². The molecule has 0 aliphatic carbocycles. The lowest BCUT2D eigenvalue weighted by Gasteiger charge is -2.14. The van der Waals surface area contributed by atoms with E-state index in [1.807, 2.05) is 22.6 Å². The van der Waals surface area contributed by atoms with Crippen molar-refractivity contribution in [2.45, 2.75) is 13.1 Å². The summed E-state index contributed by atoms with van der Waals surface area (Å²) in [6.07, 6.45) is -4.47. The Morgan fingerprint density at radius 2 is 2.00 bits per heavy atom. The highest BCUT2D eigenvalue weighted by Crippen LogP contribution is 2.28. The molecular formula is C10H8F3IO. The number of ketones is 1. The highest BCUT2D eigenvalue weighted by Gasteiger charge is 2.41. The Hall–Kier alpha value is -0.590. The van der Waals surface area contributed by atoms with Gasteiger partial charge in [0.25, 0.3) is 0 Å². The summed E-state index contributed by atoms with van der Waals surface area (Å²) < 4.78 is 37.5. The summed E-state index contributed by atoms with van der Waals surface area (Å²) in [6, 6.07) is 6.13. The average molecular weight is 328 g/mol. The third kappa shape index (κ3) is 3.19. The molecule has 1 rings (SSSR count). The van der Waals surface area contributed by atoms with Gasteiger partial charge in [-0.2, -0.15) is 13.2 Å². The van der Waals surface area contributed by atoms with Crippen LogP contribution in [0.15, 0.2) is 24.3 Å². The fraction of sp³-hybridized carbons (Fsp3) is 0.300. The number of Topliss-reactive ketones (excluding diaryl/α,β-unsaturated/α-hetero) is 1. The SMILES string of the molecule is CC(C(=O)c1cccc(I)c1)C(F)(F)F. The third-order valence-electron chi connectivity index (χ3n) is 1.99. The van der Waals surface area contributed by atoms with Crippen molar-refractivity contribution >= 4 is 28.4 Å². The molecule has 0 saturated heterocycles. The summed E-state index contributed by atoms with van der Waals surface area (Å²) in [7, 11) is 0. The van der Waals surface area contributed by atoms with Gasteiger partial charge >= 0.3 is 6.18 Å². The van der Waals surface area contributed by atoms with E-state index >= 15 is 0 Å². The second-order valence-electron chi connectivity index (χ2n) is 3.14. The number of benzene rings is 1. The van der Waals surface area contributed by atoms with E-state index in [0.29, 0.717) is 0 Å². The van der Waals surface area contributed by atoms with Gasteiger partial charge in [-0.25, -0.2) is 0 Å². The molecule has 1 unspecified atom stereocenters. The standard InChI is InChI=1S/C10H8F3IO/c1-6(10(11,12)13)9(15)7-3-2-4-8(14)5-7/h2-6H,1H3. The van der Waals surface area contributed by atoms with E-state index in [1.165, 1.54) is 12.1 Å². The first-order valence-corrected chi connectivity index (χ1v) is 5.26. The molecule has 15 heavy (non-hydrogen) atoms. The van der Waals surface area contributed by atoms with Crippen LogP contribution in [0.5, 0.6) is 0 Å². The lowest BCUT2D eigenvalue weighted by atomic mass is 9.99. The maximum atomic E-state index is 12.3. The van der Waals surface area contributed by atoms with Gasteiger partial charge in [0.1, 0.15) is 5.92 Å². The minimum Gasteiger partial charge on any atom is -0.294 e. The van der Waals surface area contributed by atoms with Crippen LogP contribution in [-0.2, 0) is 0 Å². The number of halogens is 4. The first-order valence-electron chi connectivity index (χ1n) is 4.19. The first kappa shape index (κ1) is 12.5. The van der Waals surface area contributed by atoms with Crippen LogP contribution in [-0.4, -0.2) is 12.0 Å². The van der Waals surface area contributed by atoms with Crippen molar-refractivity contribution in [1.82, 2.24) is 0 Å². The zero-order chi connectivity index (χ0) is 11.6. The number of hydrogen-bond donors (Lipinski definition) is 0. The monoisotopic (exact) mass is 328 g/mol. The molecule has 0 spiro atoms. The second kappa shape index (κ2) is 4.51. The van der Waals surface area contributed by atoms with Gasteiger partial charge in [0, 0.05) is 9.13 Å². The predicted molar refractivity (Wildman–Crippen MR) is 58.7 cm³/mol. The summed E-state index contributed by atoms with van der Waals surface area (Å²) in [5.41, 5.74) is 0.103. The molecule has 0 N–H and O–H groups in total. The molecule has 1 aromatic rings. The van der Waals surface area contributed by atoms with Gasteiger partial charge in [0.05, 0.1) is 0 Å². The van der Waals surface area contributed by atoms with E-state index in [1.54, 1.807) is 12.1 Å². The zero-order valence-electron chi connectivity index (χ0n) is 7.81. The minimum atomic E-state index is -4.47. The molecule has 0 bridgehead atoms. The summed E-state index contributed by atoms with van der Waals surface area (Å²) in [6.45, 7) is 0.877. The topological polar surface area (TPSA) is 17.1 Å². The van der Waals surface area contributed by atoms with Gasteiger partial charge in [-0.3, -0.25) is 4.79 Å². The largest absolute Gasteiger partial charge is 0.398 e. The van der Waals surface area contributed by atoms with Crippen molar-refractivity contribution in [2.75, 3.05) is 0 Å². The number of rotatable bonds is 2. The van der Waals surface area contributed by atoms with Gasteiger partial charge in [0.15, 0.2) is 5.78 Å². The van der Waals surface area contributed by atoms with Crippen LogP contribution in [0.25, 0.3) is 0 Å². The maximum Gasteiger partial charge on any atom is 0.398 e. The summed E-state index contributed by atoms with van der Waals surface area (Å²) >= 11 is 1.95. The smallest absolute Gasteiger partial charge is 0.294 e. The van der Waals surface area contributed by atoms with Crippen molar-refractivity contribution < 1.29 is 18.0 Å². The van der Waals surface area contributed by atoms with Gasteiger partial charge in [-0.05, 0) is 41.6 Å². The Kier molecular flexibility index (Phi) is 3.75. The van der Waals surface area contributed by atoms with Crippen LogP contribution < -0.4 is 0 Å². The highest BCUT2D eigenvalue weighted by molar-refractivity contribution is 14.1. The summed E-state index contributed by atoms with van der Waals surface area (Å²) in [4.78, 5) is 11.4. The van der Waals surface area contributed by atoms with Crippen LogP contribution in [0.3, 0.4) is 0 Å².